The van der Waals surface area contributed by atoms with Gasteiger partial charge in [0.25, 0.3) is 0 Å². The van der Waals surface area contributed by atoms with Crippen LogP contribution in [0.2, 0.25) is 0 Å². The van der Waals surface area contributed by atoms with Crippen molar-refractivity contribution in [3.05, 3.63) is 18.1 Å². The summed E-state index contributed by atoms with van der Waals surface area (Å²) in [5, 5.41) is -0.0704. The SMILES string of the molecule is CCCOc1cc(CC(Cl)COC)ncn1. The van der Waals surface area contributed by atoms with E-state index in [1.165, 1.54) is 6.33 Å². The van der Waals surface area contributed by atoms with Crippen LogP contribution in [-0.2, 0) is 11.2 Å². The number of alkyl halides is 1. The molecule has 0 N–H and O–H groups in total. The Morgan fingerprint density at radius 1 is 1.44 bits per heavy atom. The third kappa shape index (κ3) is 4.77. The van der Waals surface area contributed by atoms with Crippen LogP contribution >= 0.6 is 11.6 Å². The maximum absolute atomic E-state index is 6.05. The third-order valence-electron chi connectivity index (χ3n) is 1.93. The number of ether oxygens (including phenoxy) is 2. The van der Waals surface area contributed by atoms with Crippen LogP contribution in [0.5, 0.6) is 5.88 Å². The smallest absolute Gasteiger partial charge is 0.216 e. The van der Waals surface area contributed by atoms with Gasteiger partial charge >= 0.3 is 0 Å². The zero-order valence-electron chi connectivity index (χ0n) is 9.65. The van der Waals surface area contributed by atoms with Crippen LogP contribution in [0.15, 0.2) is 12.4 Å². The molecule has 1 aromatic heterocycles. The highest BCUT2D eigenvalue weighted by Crippen LogP contribution is 2.11. The summed E-state index contributed by atoms with van der Waals surface area (Å²) in [7, 11) is 1.63. The van der Waals surface area contributed by atoms with Crippen molar-refractivity contribution in [3.8, 4) is 5.88 Å². The van der Waals surface area contributed by atoms with Gasteiger partial charge in [0.15, 0.2) is 0 Å². The molecule has 1 rings (SSSR count). The summed E-state index contributed by atoms with van der Waals surface area (Å²) in [6.07, 6.45) is 3.11. The molecule has 0 aliphatic rings. The van der Waals surface area contributed by atoms with E-state index >= 15 is 0 Å². The van der Waals surface area contributed by atoms with Crippen molar-refractivity contribution in [2.24, 2.45) is 0 Å². The maximum Gasteiger partial charge on any atom is 0.216 e. The predicted molar refractivity (Wildman–Crippen MR) is 63.0 cm³/mol. The molecule has 90 valence electrons. The molecule has 0 radical (unpaired) electrons. The van der Waals surface area contributed by atoms with Gasteiger partial charge in [-0.05, 0) is 6.42 Å². The largest absolute Gasteiger partial charge is 0.478 e. The minimum atomic E-state index is -0.0704. The third-order valence-corrected chi connectivity index (χ3v) is 2.21. The number of aromatic nitrogens is 2. The topological polar surface area (TPSA) is 44.2 Å². The van der Waals surface area contributed by atoms with Gasteiger partial charge in [-0.15, -0.1) is 11.6 Å². The molecule has 0 saturated heterocycles. The highest BCUT2D eigenvalue weighted by atomic mass is 35.5. The highest BCUT2D eigenvalue weighted by molar-refractivity contribution is 6.20. The standard InChI is InChI=1S/C11H17ClN2O2/c1-3-4-16-11-6-10(13-8-14-11)5-9(12)7-15-2/h6,8-9H,3-5,7H2,1-2H3. The predicted octanol–water partition coefficient (Wildman–Crippen LogP) is 2.06. The van der Waals surface area contributed by atoms with Crippen molar-refractivity contribution >= 4 is 11.6 Å². The fourth-order valence-corrected chi connectivity index (χ4v) is 1.52. The fraction of sp³-hybridized carbons (Fsp3) is 0.636. The lowest BCUT2D eigenvalue weighted by molar-refractivity contribution is 0.197. The molecule has 1 heterocycles. The van der Waals surface area contributed by atoms with Crippen LogP contribution in [0.1, 0.15) is 19.0 Å². The van der Waals surface area contributed by atoms with E-state index in [1.807, 2.05) is 6.07 Å². The molecule has 1 unspecified atom stereocenters. The Kier molecular flexibility index (Phi) is 6.11. The number of rotatable bonds is 7. The molecule has 1 atom stereocenters. The first-order chi connectivity index (χ1) is 7.76. The lowest BCUT2D eigenvalue weighted by atomic mass is 10.2. The van der Waals surface area contributed by atoms with E-state index in [1.54, 1.807) is 7.11 Å². The summed E-state index contributed by atoms with van der Waals surface area (Å²) in [5.41, 5.74) is 0.873. The summed E-state index contributed by atoms with van der Waals surface area (Å²) >= 11 is 6.05. The Morgan fingerprint density at radius 3 is 2.94 bits per heavy atom. The summed E-state index contributed by atoms with van der Waals surface area (Å²) in [4.78, 5) is 8.16. The molecular weight excluding hydrogens is 228 g/mol. The van der Waals surface area contributed by atoms with Crippen LogP contribution in [0.25, 0.3) is 0 Å². The number of hydrogen-bond donors (Lipinski definition) is 0. The monoisotopic (exact) mass is 244 g/mol. The van der Waals surface area contributed by atoms with E-state index in [0.717, 1.165) is 12.1 Å². The molecule has 0 bridgehead atoms. The molecule has 0 saturated carbocycles. The Labute approximate surface area is 101 Å². The van der Waals surface area contributed by atoms with Gasteiger partial charge < -0.3 is 9.47 Å². The van der Waals surface area contributed by atoms with Gasteiger partial charge in [0.05, 0.1) is 18.6 Å². The van der Waals surface area contributed by atoms with Gasteiger partial charge in [-0.3, -0.25) is 0 Å². The summed E-state index contributed by atoms with van der Waals surface area (Å²) in [5.74, 6) is 0.605. The van der Waals surface area contributed by atoms with Crippen molar-refractivity contribution in [2.45, 2.75) is 25.1 Å². The molecule has 16 heavy (non-hydrogen) atoms. The lowest BCUT2D eigenvalue weighted by Crippen LogP contribution is -2.12. The fourth-order valence-electron chi connectivity index (χ4n) is 1.24. The average molecular weight is 245 g/mol. The van der Waals surface area contributed by atoms with E-state index in [0.29, 0.717) is 25.5 Å². The summed E-state index contributed by atoms with van der Waals surface area (Å²) in [6.45, 7) is 3.23. The van der Waals surface area contributed by atoms with Crippen molar-refractivity contribution in [1.29, 1.82) is 0 Å². The molecule has 4 nitrogen and oxygen atoms in total. The first-order valence-corrected chi connectivity index (χ1v) is 5.76. The molecule has 0 amide bonds. The van der Waals surface area contributed by atoms with E-state index in [2.05, 4.69) is 16.9 Å². The molecular formula is C11H17ClN2O2. The second-order valence-electron chi connectivity index (χ2n) is 3.45. The Balaban J connectivity index is 2.52. The van der Waals surface area contributed by atoms with Crippen molar-refractivity contribution in [3.63, 3.8) is 0 Å². The molecule has 0 aliphatic carbocycles. The van der Waals surface area contributed by atoms with E-state index in [4.69, 9.17) is 21.1 Å². The van der Waals surface area contributed by atoms with Gasteiger partial charge in [0.2, 0.25) is 5.88 Å². The van der Waals surface area contributed by atoms with Gasteiger partial charge in [-0.1, -0.05) is 6.92 Å². The zero-order valence-corrected chi connectivity index (χ0v) is 10.4. The highest BCUT2D eigenvalue weighted by Gasteiger charge is 2.07. The Morgan fingerprint density at radius 2 is 2.25 bits per heavy atom. The normalized spacial score (nSPS) is 12.4. The quantitative estimate of drug-likeness (QED) is 0.689. The minimum absolute atomic E-state index is 0.0704. The number of halogens is 1. The van der Waals surface area contributed by atoms with Gasteiger partial charge in [0, 0.05) is 25.3 Å². The van der Waals surface area contributed by atoms with Crippen LogP contribution in [-0.4, -0.2) is 35.7 Å². The molecule has 5 heteroatoms. The Hall–Kier alpha value is -0.870. The first-order valence-electron chi connectivity index (χ1n) is 5.33. The summed E-state index contributed by atoms with van der Waals surface area (Å²) in [6, 6.07) is 1.82. The molecule has 0 fully saturated rings. The Bertz CT molecular complexity index is 310. The van der Waals surface area contributed by atoms with Crippen LogP contribution in [0.3, 0.4) is 0 Å². The molecule has 0 aliphatic heterocycles. The second-order valence-corrected chi connectivity index (χ2v) is 4.07. The van der Waals surface area contributed by atoms with E-state index in [9.17, 15) is 0 Å². The van der Waals surface area contributed by atoms with Crippen molar-refractivity contribution < 1.29 is 9.47 Å². The number of hydrogen-bond acceptors (Lipinski definition) is 4. The second kappa shape index (κ2) is 7.41. The molecule has 0 spiro atoms. The number of methoxy groups -OCH3 is 1. The van der Waals surface area contributed by atoms with Gasteiger partial charge in [0.1, 0.15) is 6.33 Å². The first kappa shape index (κ1) is 13.2. The maximum atomic E-state index is 6.05. The number of nitrogens with zero attached hydrogens (tertiary/aromatic N) is 2. The van der Waals surface area contributed by atoms with E-state index < -0.39 is 0 Å². The van der Waals surface area contributed by atoms with Crippen molar-refractivity contribution in [1.82, 2.24) is 9.97 Å². The lowest BCUT2D eigenvalue weighted by Gasteiger charge is -2.08. The van der Waals surface area contributed by atoms with Gasteiger partial charge in [-0.25, -0.2) is 9.97 Å². The molecule has 0 aromatic carbocycles. The molecule has 1 aromatic rings. The van der Waals surface area contributed by atoms with Gasteiger partial charge in [-0.2, -0.15) is 0 Å². The van der Waals surface area contributed by atoms with E-state index in [-0.39, 0.29) is 5.38 Å². The minimum Gasteiger partial charge on any atom is -0.478 e. The van der Waals surface area contributed by atoms with Crippen LogP contribution in [0, 0.1) is 0 Å². The zero-order chi connectivity index (χ0) is 11.8. The van der Waals surface area contributed by atoms with Crippen LogP contribution in [0.4, 0.5) is 0 Å². The van der Waals surface area contributed by atoms with Crippen LogP contribution < -0.4 is 4.74 Å². The van der Waals surface area contributed by atoms with Crippen molar-refractivity contribution in [2.75, 3.05) is 20.3 Å². The average Bonchev–Trinajstić information content (AvgIpc) is 2.27. The summed E-state index contributed by atoms with van der Waals surface area (Å²) < 4.78 is 10.4.